The van der Waals surface area contributed by atoms with Gasteiger partial charge in [-0.25, -0.2) is 4.79 Å². The molecule has 3 rings (SSSR count). The number of piperazine rings is 1. The highest BCUT2D eigenvalue weighted by Crippen LogP contribution is 2.39. The molecule has 2 aliphatic heterocycles. The van der Waals surface area contributed by atoms with Crippen LogP contribution >= 0.6 is 11.6 Å². The Hall–Kier alpha value is -1.69. The number of anilines is 1. The fourth-order valence-corrected chi connectivity index (χ4v) is 3.80. The molecular weight excluding hydrogens is 342 g/mol. The van der Waals surface area contributed by atoms with Crippen LogP contribution < -0.4 is 9.64 Å². The highest BCUT2D eigenvalue weighted by molar-refractivity contribution is 6.32. The van der Waals surface area contributed by atoms with Crippen molar-refractivity contribution in [2.75, 3.05) is 24.6 Å². The minimum absolute atomic E-state index is 0.149. The molecule has 6 nitrogen and oxygen atoms in total. The van der Waals surface area contributed by atoms with E-state index in [4.69, 9.17) is 21.1 Å². The molecule has 0 aliphatic carbocycles. The molecule has 3 heterocycles. The van der Waals surface area contributed by atoms with Crippen LogP contribution in [0.1, 0.15) is 40.2 Å². The second kappa shape index (κ2) is 6.56. The number of nitrogens with zero attached hydrogens (tertiary/aromatic N) is 3. The highest BCUT2D eigenvalue weighted by Gasteiger charge is 2.42. The van der Waals surface area contributed by atoms with Gasteiger partial charge < -0.3 is 19.3 Å². The molecule has 0 unspecified atom stereocenters. The van der Waals surface area contributed by atoms with Gasteiger partial charge in [0.2, 0.25) is 5.88 Å². The van der Waals surface area contributed by atoms with E-state index in [-0.39, 0.29) is 18.2 Å². The van der Waals surface area contributed by atoms with E-state index < -0.39 is 5.60 Å². The molecule has 0 spiro atoms. The predicted octanol–water partition coefficient (Wildman–Crippen LogP) is 3.50. The number of halogens is 1. The second-order valence-corrected chi connectivity index (χ2v) is 8.10. The van der Waals surface area contributed by atoms with Crippen molar-refractivity contribution in [2.24, 2.45) is 0 Å². The van der Waals surface area contributed by atoms with Crippen molar-refractivity contribution in [3.8, 4) is 5.88 Å². The Kier molecular flexibility index (Phi) is 4.75. The standard InChI is InChI=1S/C18H26ClN3O3/c1-6-24-16-14(19)8-12-7-13-10-21(17(23)25-18(3,4)5)9-11(2)22(13)15(12)20-16/h8,11,13H,6-7,9-10H2,1-5H3/t11-,13-/m1/s1. The maximum atomic E-state index is 12.4. The van der Waals surface area contributed by atoms with Gasteiger partial charge in [0.25, 0.3) is 0 Å². The van der Waals surface area contributed by atoms with Gasteiger partial charge in [-0.15, -0.1) is 0 Å². The molecule has 2 atom stereocenters. The van der Waals surface area contributed by atoms with Crippen molar-refractivity contribution < 1.29 is 14.3 Å². The Morgan fingerprint density at radius 1 is 1.40 bits per heavy atom. The summed E-state index contributed by atoms with van der Waals surface area (Å²) >= 11 is 6.28. The van der Waals surface area contributed by atoms with Crippen LogP contribution in [0.3, 0.4) is 0 Å². The number of ether oxygens (including phenoxy) is 2. The molecule has 0 bridgehead atoms. The van der Waals surface area contributed by atoms with E-state index in [1.54, 1.807) is 4.90 Å². The second-order valence-electron chi connectivity index (χ2n) is 7.69. The largest absolute Gasteiger partial charge is 0.477 e. The molecule has 1 amide bonds. The fourth-order valence-electron chi connectivity index (χ4n) is 3.57. The lowest BCUT2D eigenvalue weighted by Gasteiger charge is -2.43. The van der Waals surface area contributed by atoms with Crippen molar-refractivity contribution in [2.45, 2.75) is 58.7 Å². The summed E-state index contributed by atoms with van der Waals surface area (Å²) in [7, 11) is 0. The van der Waals surface area contributed by atoms with Crippen LogP contribution in [-0.2, 0) is 11.2 Å². The quantitative estimate of drug-likeness (QED) is 0.800. The van der Waals surface area contributed by atoms with Crippen LogP contribution in [0.4, 0.5) is 10.6 Å². The monoisotopic (exact) mass is 367 g/mol. The third-order valence-electron chi connectivity index (χ3n) is 4.42. The first kappa shape index (κ1) is 18.1. The lowest BCUT2D eigenvalue weighted by molar-refractivity contribution is 0.0191. The van der Waals surface area contributed by atoms with Crippen molar-refractivity contribution in [1.29, 1.82) is 0 Å². The van der Waals surface area contributed by atoms with E-state index >= 15 is 0 Å². The molecule has 25 heavy (non-hydrogen) atoms. The Bertz CT molecular complexity index is 674. The number of hydrogen-bond acceptors (Lipinski definition) is 5. The van der Waals surface area contributed by atoms with Gasteiger partial charge in [-0.2, -0.15) is 4.98 Å². The molecule has 0 aromatic carbocycles. The molecule has 0 saturated carbocycles. The number of aromatic nitrogens is 1. The smallest absolute Gasteiger partial charge is 0.410 e. The van der Waals surface area contributed by atoms with E-state index in [1.165, 1.54) is 0 Å². The summed E-state index contributed by atoms with van der Waals surface area (Å²) in [5, 5.41) is 0.539. The maximum absolute atomic E-state index is 12.4. The van der Waals surface area contributed by atoms with Gasteiger partial charge in [0.05, 0.1) is 12.6 Å². The average Bonchev–Trinajstić information content (AvgIpc) is 2.83. The Morgan fingerprint density at radius 2 is 2.12 bits per heavy atom. The number of rotatable bonds is 2. The van der Waals surface area contributed by atoms with Gasteiger partial charge in [0, 0.05) is 19.1 Å². The predicted molar refractivity (Wildman–Crippen MR) is 97.7 cm³/mol. The Balaban J connectivity index is 1.80. The first-order chi connectivity index (χ1) is 11.7. The van der Waals surface area contributed by atoms with Crippen LogP contribution in [0.15, 0.2) is 6.07 Å². The molecule has 0 radical (unpaired) electrons. The van der Waals surface area contributed by atoms with Crippen LogP contribution in [0.5, 0.6) is 5.88 Å². The number of amides is 1. The number of carbonyl (C=O) groups excluding carboxylic acids is 1. The molecule has 1 aromatic rings. The maximum Gasteiger partial charge on any atom is 0.410 e. The summed E-state index contributed by atoms with van der Waals surface area (Å²) in [6, 6.07) is 2.28. The molecule has 1 saturated heterocycles. The van der Waals surface area contributed by atoms with E-state index in [0.29, 0.717) is 30.6 Å². The number of hydrogen-bond donors (Lipinski definition) is 0. The first-order valence-corrected chi connectivity index (χ1v) is 9.16. The Morgan fingerprint density at radius 3 is 2.76 bits per heavy atom. The average molecular weight is 368 g/mol. The zero-order chi connectivity index (χ0) is 18.4. The number of fused-ring (bicyclic) bond motifs is 3. The van der Waals surface area contributed by atoms with Gasteiger partial charge in [-0.3, -0.25) is 0 Å². The summed E-state index contributed by atoms with van der Waals surface area (Å²) in [5.41, 5.74) is 0.619. The topological polar surface area (TPSA) is 54.9 Å². The van der Waals surface area contributed by atoms with Crippen LogP contribution in [-0.4, -0.2) is 53.4 Å². The molecular formula is C18H26ClN3O3. The normalized spacial score (nSPS) is 22.5. The Labute approximate surface area is 154 Å². The minimum Gasteiger partial charge on any atom is -0.477 e. The third kappa shape index (κ3) is 3.64. The lowest BCUT2D eigenvalue weighted by Crippen LogP contribution is -2.58. The van der Waals surface area contributed by atoms with E-state index in [1.807, 2.05) is 33.8 Å². The summed E-state index contributed by atoms with van der Waals surface area (Å²) in [6.07, 6.45) is 0.564. The van der Waals surface area contributed by atoms with Gasteiger partial charge in [0.1, 0.15) is 16.4 Å². The zero-order valence-electron chi connectivity index (χ0n) is 15.5. The van der Waals surface area contributed by atoms with Gasteiger partial charge in [0.15, 0.2) is 0 Å². The SMILES string of the molecule is CCOc1nc2c(cc1Cl)C[C@@H]1CN(C(=O)OC(C)(C)C)C[C@@H](C)N21. The van der Waals surface area contributed by atoms with Crippen molar-refractivity contribution >= 4 is 23.5 Å². The van der Waals surface area contributed by atoms with E-state index in [0.717, 1.165) is 17.8 Å². The summed E-state index contributed by atoms with van der Waals surface area (Å²) in [4.78, 5) is 21.2. The first-order valence-electron chi connectivity index (χ1n) is 8.78. The summed E-state index contributed by atoms with van der Waals surface area (Å²) < 4.78 is 11.1. The molecule has 1 fully saturated rings. The zero-order valence-corrected chi connectivity index (χ0v) is 16.3. The number of carbonyl (C=O) groups is 1. The summed E-state index contributed by atoms with van der Waals surface area (Å²) in [6.45, 7) is 11.4. The van der Waals surface area contributed by atoms with Crippen molar-refractivity contribution in [1.82, 2.24) is 9.88 Å². The fraction of sp³-hybridized carbons (Fsp3) is 0.667. The van der Waals surface area contributed by atoms with Crippen molar-refractivity contribution in [3.63, 3.8) is 0 Å². The molecule has 7 heteroatoms. The third-order valence-corrected chi connectivity index (χ3v) is 4.69. The summed E-state index contributed by atoms with van der Waals surface area (Å²) in [5.74, 6) is 1.40. The molecule has 2 aliphatic rings. The molecule has 0 N–H and O–H groups in total. The minimum atomic E-state index is -0.489. The molecule has 138 valence electrons. The van der Waals surface area contributed by atoms with E-state index in [2.05, 4.69) is 16.8 Å². The van der Waals surface area contributed by atoms with E-state index in [9.17, 15) is 4.79 Å². The van der Waals surface area contributed by atoms with Crippen LogP contribution in [0, 0.1) is 0 Å². The number of pyridine rings is 1. The van der Waals surface area contributed by atoms with Crippen LogP contribution in [0.2, 0.25) is 5.02 Å². The van der Waals surface area contributed by atoms with Gasteiger partial charge >= 0.3 is 6.09 Å². The lowest BCUT2D eigenvalue weighted by atomic mass is 10.1. The van der Waals surface area contributed by atoms with Gasteiger partial charge in [-0.1, -0.05) is 11.6 Å². The molecule has 1 aromatic heterocycles. The van der Waals surface area contributed by atoms with Crippen LogP contribution in [0.25, 0.3) is 0 Å². The van der Waals surface area contributed by atoms with Gasteiger partial charge in [-0.05, 0) is 52.7 Å². The highest BCUT2D eigenvalue weighted by atomic mass is 35.5. The van der Waals surface area contributed by atoms with Crippen molar-refractivity contribution in [3.05, 3.63) is 16.7 Å².